The summed E-state index contributed by atoms with van der Waals surface area (Å²) in [5.41, 5.74) is 0. The van der Waals surface area contributed by atoms with Gasteiger partial charge in [-0.1, -0.05) is 38.9 Å². The molecule has 104 valence electrons. The van der Waals surface area contributed by atoms with Crippen molar-refractivity contribution in [3.8, 4) is 0 Å². The predicted molar refractivity (Wildman–Crippen MR) is 84.5 cm³/mol. The first-order chi connectivity index (χ1) is 8.01. The van der Waals surface area contributed by atoms with Crippen LogP contribution >= 0.6 is 11.2 Å². The third kappa shape index (κ3) is 5.92. The van der Waals surface area contributed by atoms with E-state index in [-0.39, 0.29) is 0 Å². The van der Waals surface area contributed by atoms with Gasteiger partial charge in [-0.25, -0.2) is 0 Å². The van der Waals surface area contributed by atoms with Gasteiger partial charge in [-0.2, -0.15) is 11.2 Å². The van der Waals surface area contributed by atoms with Gasteiger partial charge < -0.3 is 8.85 Å². The molecular weight excluding hydrogens is 264 g/mol. The Bertz CT molecular complexity index is 185. The molecule has 0 bridgehead atoms. The van der Waals surface area contributed by atoms with E-state index in [1.165, 1.54) is 18.1 Å². The van der Waals surface area contributed by atoms with Gasteiger partial charge in [0.05, 0.1) is 0 Å². The van der Waals surface area contributed by atoms with Crippen LogP contribution in [-0.4, -0.2) is 34.4 Å². The van der Waals surface area contributed by atoms with Crippen LogP contribution in [0.1, 0.15) is 34.6 Å². The second-order valence-electron chi connectivity index (χ2n) is 4.53. The molecule has 0 radical (unpaired) electrons. The molecule has 17 heavy (non-hydrogen) atoms. The van der Waals surface area contributed by atoms with Gasteiger partial charge in [-0.15, -0.1) is 0 Å². The van der Waals surface area contributed by atoms with Crippen molar-refractivity contribution in [2.45, 2.75) is 59.3 Å². The molecule has 0 N–H and O–H groups in total. The van der Waals surface area contributed by atoms with Gasteiger partial charge in [0, 0.05) is 18.6 Å². The maximum Gasteiger partial charge on any atom is 0.344 e. The zero-order valence-corrected chi connectivity index (χ0v) is 15.3. The molecule has 0 aliphatic carbocycles. The van der Waals surface area contributed by atoms with Crippen molar-refractivity contribution in [2.75, 3.05) is 18.6 Å². The van der Waals surface area contributed by atoms with E-state index in [1.807, 2.05) is 0 Å². The minimum absolute atomic E-state index is 0.780. The average Bonchev–Trinajstić information content (AvgIpc) is 2.32. The Hall–Kier alpha value is 0.704. The van der Waals surface area contributed by atoms with Gasteiger partial charge in [0.25, 0.3) is 0 Å². The molecule has 0 aliphatic rings. The molecule has 2 nitrogen and oxygen atoms in total. The lowest BCUT2D eigenvalue weighted by atomic mass is 10.9. The van der Waals surface area contributed by atoms with E-state index < -0.39 is 15.8 Å². The van der Waals surface area contributed by atoms with Crippen LogP contribution < -0.4 is 0 Å². The molecule has 0 heterocycles. The predicted octanol–water partition coefficient (Wildman–Crippen LogP) is 4.41. The fourth-order valence-corrected chi connectivity index (χ4v) is 15.4. The van der Waals surface area contributed by atoms with E-state index in [2.05, 4.69) is 52.4 Å². The Morgan fingerprint density at radius 1 is 0.824 bits per heavy atom. The zero-order chi connectivity index (χ0) is 13.4. The van der Waals surface area contributed by atoms with Gasteiger partial charge in [0.1, 0.15) is 7.22 Å². The van der Waals surface area contributed by atoms with E-state index in [0.717, 1.165) is 18.6 Å². The molecule has 0 amide bonds. The number of hydrogen-bond donors (Lipinski definition) is 0. The smallest absolute Gasteiger partial charge is 0.344 e. The second-order valence-corrected chi connectivity index (χ2v) is 16.8. The lowest BCUT2D eigenvalue weighted by Gasteiger charge is -2.32. The molecule has 0 aliphatic heterocycles. The minimum Gasteiger partial charge on any atom is -0.394 e. The van der Waals surface area contributed by atoms with Crippen molar-refractivity contribution >= 4 is 27.0 Å². The highest BCUT2D eigenvalue weighted by molar-refractivity contribution is 8.29. The molecule has 5 heteroatoms. The first-order valence-electron chi connectivity index (χ1n) is 6.93. The Kier molecular flexibility index (Phi) is 9.11. The molecule has 0 saturated carbocycles. The van der Waals surface area contributed by atoms with Crippen molar-refractivity contribution in [2.24, 2.45) is 0 Å². The molecule has 0 unspecified atom stereocenters. The largest absolute Gasteiger partial charge is 0.394 e. The average molecular weight is 295 g/mol. The fourth-order valence-electron chi connectivity index (χ4n) is 2.08. The monoisotopic (exact) mass is 294 g/mol. The highest BCUT2D eigenvalue weighted by Gasteiger charge is 2.36. The van der Waals surface area contributed by atoms with Crippen LogP contribution in [0.5, 0.6) is 0 Å². The highest BCUT2D eigenvalue weighted by atomic mass is 32.4. The molecular formula is C12H30O2SSi2. The van der Waals surface area contributed by atoms with Gasteiger partial charge in [-0.05, 0) is 20.4 Å². The number of rotatable bonds is 10. The summed E-state index contributed by atoms with van der Waals surface area (Å²) in [6.45, 7) is 15.0. The van der Waals surface area contributed by atoms with Crippen LogP contribution in [0, 0.1) is 0 Å². The van der Waals surface area contributed by atoms with Crippen LogP contribution in [0.3, 0.4) is 0 Å². The maximum absolute atomic E-state index is 5.92. The van der Waals surface area contributed by atoms with Gasteiger partial charge in [0.2, 0.25) is 0 Å². The molecule has 0 saturated heterocycles. The Morgan fingerprint density at radius 3 is 1.53 bits per heavy atom. The van der Waals surface area contributed by atoms with E-state index >= 15 is 0 Å². The van der Waals surface area contributed by atoms with Gasteiger partial charge >= 0.3 is 8.56 Å². The lowest BCUT2D eigenvalue weighted by Crippen LogP contribution is -2.44. The topological polar surface area (TPSA) is 18.5 Å². The van der Waals surface area contributed by atoms with Crippen LogP contribution in [0.4, 0.5) is 0 Å². The van der Waals surface area contributed by atoms with Gasteiger partial charge in [0.15, 0.2) is 0 Å². The SMILES string of the molecule is CCO[Si](C)(CS[Si](CC)(CC)CC)OCC. The van der Waals surface area contributed by atoms with E-state index in [9.17, 15) is 0 Å². The summed E-state index contributed by atoms with van der Waals surface area (Å²) < 4.78 is 11.8. The highest BCUT2D eigenvalue weighted by Crippen LogP contribution is 2.34. The molecule has 0 aromatic carbocycles. The third-order valence-electron chi connectivity index (χ3n) is 3.47. The lowest BCUT2D eigenvalue weighted by molar-refractivity contribution is 0.195. The van der Waals surface area contributed by atoms with E-state index in [1.54, 1.807) is 0 Å². The summed E-state index contributed by atoms with van der Waals surface area (Å²) in [7, 11) is -3.00. The molecule has 0 atom stereocenters. The molecule has 0 fully saturated rings. The van der Waals surface area contributed by atoms with E-state index in [4.69, 9.17) is 8.85 Å². The minimum atomic E-state index is -1.91. The Balaban J connectivity index is 4.45. The van der Waals surface area contributed by atoms with Crippen LogP contribution in [0.15, 0.2) is 0 Å². The standard InChI is InChI=1S/C12H30O2SSi2/c1-7-13-16(6,14-8-2)12-15-17(9-3,10-4)11-5/h7-12H2,1-6H3. The van der Waals surface area contributed by atoms with Gasteiger partial charge in [-0.3, -0.25) is 0 Å². The quantitative estimate of drug-likeness (QED) is 0.556. The van der Waals surface area contributed by atoms with Crippen molar-refractivity contribution in [1.82, 2.24) is 0 Å². The zero-order valence-electron chi connectivity index (χ0n) is 12.5. The van der Waals surface area contributed by atoms with E-state index in [0.29, 0.717) is 0 Å². The van der Waals surface area contributed by atoms with Crippen molar-refractivity contribution in [1.29, 1.82) is 0 Å². The van der Waals surface area contributed by atoms with Crippen molar-refractivity contribution < 1.29 is 8.85 Å². The summed E-state index contributed by atoms with van der Waals surface area (Å²) in [5.74, 6) is 0. The Labute approximate surface area is 114 Å². The van der Waals surface area contributed by atoms with Crippen molar-refractivity contribution in [3.63, 3.8) is 0 Å². The molecule has 0 aromatic heterocycles. The summed E-state index contributed by atoms with van der Waals surface area (Å²) >= 11 is 2.21. The van der Waals surface area contributed by atoms with Crippen molar-refractivity contribution in [3.05, 3.63) is 0 Å². The number of hydrogen-bond acceptors (Lipinski definition) is 3. The van der Waals surface area contributed by atoms with Crippen LogP contribution in [0.2, 0.25) is 24.7 Å². The summed E-state index contributed by atoms with van der Waals surface area (Å²) in [6, 6.07) is 4.11. The van der Waals surface area contributed by atoms with Crippen LogP contribution in [-0.2, 0) is 8.85 Å². The first kappa shape index (κ1) is 17.7. The fraction of sp³-hybridized carbons (Fsp3) is 1.00. The first-order valence-corrected chi connectivity index (χ1v) is 13.8. The molecule has 0 rings (SSSR count). The summed E-state index contributed by atoms with van der Waals surface area (Å²) in [6.07, 6.45) is 0. The normalized spacial score (nSPS) is 13.1. The molecule has 0 spiro atoms. The van der Waals surface area contributed by atoms with Crippen LogP contribution in [0.25, 0.3) is 0 Å². The maximum atomic E-state index is 5.92. The third-order valence-corrected chi connectivity index (χ3v) is 18.2. The second kappa shape index (κ2) is 8.74. The molecule has 0 aromatic rings. The summed E-state index contributed by atoms with van der Waals surface area (Å²) in [4.78, 5) is 0. The Morgan fingerprint density at radius 2 is 1.24 bits per heavy atom. The summed E-state index contributed by atoms with van der Waals surface area (Å²) in [5, 5.41) is 1.11.